The Balaban J connectivity index is 1.52. The Bertz CT molecular complexity index is 1010. The smallest absolute Gasteiger partial charge is 0.338 e. The van der Waals surface area contributed by atoms with Crippen LogP contribution in [0.2, 0.25) is 0 Å². The number of carbonyl (C=O) groups is 2. The third kappa shape index (κ3) is 4.27. The maximum absolute atomic E-state index is 11.9. The monoisotopic (exact) mass is 369 g/mol. The van der Waals surface area contributed by atoms with Crippen molar-refractivity contribution in [2.24, 2.45) is 0 Å². The molecule has 9 heteroatoms. The second-order valence-corrected chi connectivity index (χ2v) is 5.76. The number of carboxylic acid groups (broad SMARTS) is 1. The summed E-state index contributed by atoms with van der Waals surface area (Å²) >= 11 is 0. The molecule has 0 bridgehead atoms. The molecule has 3 aromatic rings. The molecule has 1 aromatic heterocycles. The number of aromatic nitrogens is 2. The van der Waals surface area contributed by atoms with Crippen LogP contribution in [-0.2, 0) is 11.2 Å². The second-order valence-electron chi connectivity index (χ2n) is 5.76. The van der Waals surface area contributed by atoms with Crippen LogP contribution in [0.5, 0.6) is 0 Å². The van der Waals surface area contributed by atoms with E-state index in [1.807, 2.05) is 0 Å². The highest BCUT2D eigenvalue weighted by atomic mass is 16.6. The number of benzene rings is 2. The Kier molecular flexibility index (Phi) is 5.11. The van der Waals surface area contributed by atoms with Gasteiger partial charge < -0.3 is 14.8 Å². The number of H-pyrrole nitrogens is 1. The van der Waals surface area contributed by atoms with E-state index in [4.69, 9.17) is 9.84 Å². The minimum Gasteiger partial charge on any atom is -0.478 e. The van der Waals surface area contributed by atoms with Gasteiger partial charge in [-0.15, -0.1) is 0 Å². The van der Waals surface area contributed by atoms with Crippen molar-refractivity contribution < 1.29 is 24.4 Å². The highest BCUT2D eigenvalue weighted by Gasteiger charge is 2.11. The first-order valence-corrected chi connectivity index (χ1v) is 8.07. The Morgan fingerprint density at radius 1 is 1.15 bits per heavy atom. The van der Waals surface area contributed by atoms with Crippen LogP contribution in [0.1, 0.15) is 33.0 Å². The minimum atomic E-state index is -1.01. The first-order chi connectivity index (χ1) is 12.9. The number of hydrogen-bond acceptors (Lipinski definition) is 6. The average molecular weight is 369 g/mol. The maximum atomic E-state index is 11.9. The van der Waals surface area contributed by atoms with Crippen molar-refractivity contribution in [3.05, 3.63) is 69.5 Å². The molecule has 27 heavy (non-hydrogen) atoms. The normalized spacial score (nSPS) is 10.7. The molecule has 138 valence electrons. The molecule has 0 saturated carbocycles. The predicted octanol–water partition coefficient (Wildman–Crippen LogP) is 2.96. The van der Waals surface area contributed by atoms with E-state index in [-0.39, 0.29) is 23.4 Å². The second kappa shape index (κ2) is 7.65. The van der Waals surface area contributed by atoms with E-state index in [9.17, 15) is 19.7 Å². The van der Waals surface area contributed by atoms with Gasteiger partial charge in [0.2, 0.25) is 0 Å². The molecule has 0 aliphatic heterocycles. The molecule has 0 unspecified atom stereocenters. The van der Waals surface area contributed by atoms with Crippen molar-refractivity contribution >= 4 is 28.7 Å². The lowest BCUT2D eigenvalue weighted by Gasteiger charge is -2.04. The van der Waals surface area contributed by atoms with Crippen LogP contribution in [0.15, 0.2) is 42.5 Å². The SMILES string of the molecule is O=C(O)c1ccc2nc(CCCOC(=O)c3ccc([N+](=O)[O-])cc3)[nH]c2c1. The van der Waals surface area contributed by atoms with Gasteiger partial charge >= 0.3 is 11.9 Å². The average Bonchev–Trinajstić information content (AvgIpc) is 3.07. The number of ether oxygens (including phenoxy) is 1. The summed E-state index contributed by atoms with van der Waals surface area (Å²) in [5.41, 5.74) is 1.62. The van der Waals surface area contributed by atoms with Crippen molar-refractivity contribution in [3.8, 4) is 0 Å². The molecule has 9 nitrogen and oxygen atoms in total. The third-order valence-corrected chi connectivity index (χ3v) is 3.88. The number of carboxylic acids is 1. The number of nitrogens with zero attached hydrogens (tertiary/aromatic N) is 2. The summed E-state index contributed by atoms with van der Waals surface area (Å²) in [4.78, 5) is 40.4. The van der Waals surface area contributed by atoms with E-state index >= 15 is 0 Å². The highest BCUT2D eigenvalue weighted by molar-refractivity contribution is 5.92. The van der Waals surface area contributed by atoms with E-state index in [0.717, 1.165) is 0 Å². The number of aromatic carboxylic acids is 1. The van der Waals surface area contributed by atoms with Gasteiger partial charge in [0.1, 0.15) is 5.82 Å². The number of nitrogens with one attached hydrogen (secondary N) is 1. The number of nitro groups is 1. The van der Waals surface area contributed by atoms with Gasteiger partial charge in [-0.1, -0.05) is 0 Å². The molecule has 3 rings (SSSR count). The van der Waals surface area contributed by atoms with E-state index in [1.165, 1.54) is 36.4 Å². The van der Waals surface area contributed by atoms with E-state index in [2.05, 4.69) is 9.97 Å². The maximum Gasteiger partial charge on any atom is 0.338 e. The molecule has 0 amide bonds. The van der Waals surface area contributed by atoms with Crippen molar-refractivity contribution in [1.82, 2.24) is 9.97 Å². The third-order valence-electron chi connectivity index (χ3n) is 3.88. The molecule has 2 N–H and O–H groups in total. The van der Waals surface area contributed by atoms with Crippen LogP contribution >= 0.6 is 0 Å². The predicted molar refractivity (Wildman–Crippen MR) is 94.8 cm³/mol. The molecule has 0 fully saturated rings. The largest absolute Gasteiger partial charge is 0.478 e. The summed E-state index contributed by atoms with van der Waals surface area (Å²) < 4.78 is 5.15. The van der Waals surface area contributed by atoms with Crippen molar-refractivity contribution in [1.29, 1.82) is 0 Å². The number of rotatable bonds is 7. The molecule has 0 spiro atoms. The molecular formula is C18H15N3O6. The molecule has 0 atom stereocenters. The summed E-state index contributed by atoms with van der Waals surface area (Å²) in [6, 6.07) is 9.82. The van der Waals surface area contributed by atoms with E-state index in [0.29, 0.717) is 29.7 Å². The number of aromatic amines is 1. The first-order valence-electron chi connectivity index (χ1n) is 8.07. The Hall–Kier alpha value is -3.75. The van der Waals surface area contributed by atoms with Crippen LogP contribution < -0.4 is 0 Å². The summed E-state index contributed by atoms with van der Waals surface area (Å²) in [5, 5.41) is 19.6. The first kappa shape index (κ1) is 18.1. The van der Waals surface area contributed by atoms with Crippen LogP contribution in [0, 0.1) is 10.1 Å². The van der Waals surface area contributed by atoms with Gasteiger partial charge in [-0.05, 0) is 36.8 Å². The number of hydrogen-bond donors (Lipinski definition) is 2. The van der Waals surface area contributed by atoms with Gasteiger partial charge in [0, 0.05) is 18.6 Å². The lowest BCUT2D eigenvalue weighted by molar-refractivity contribution is -0.384. The van der Waals surface area contributed by atoms with E-state index < -0.39 is 16.9 Å². The van der Waals surface area contributed by atoms with Crippen LogP contribution in [0.25, 0.3) is 11.0 Å². The Labute approximate surface area is 152 Å². The quantitative estimate of drug-likeness (QED) is 0.283. The van der Waals surface area contributed by atoms with Gasteiger partial charge in [-0.3, -0.25) is 10.1 Å². The van der Waals surface area contributed by atoms with Gasteiger partial charge in [0.25, 0.3) is 5.69 Å². The summed E-state index contributed by atoms with van der Waals surface area (Å²) in [7, 11) is 0. The molecular weight excluding hydrogens is 354 g/mol. The lowest BCUT2D eigenvalue weighted by Crippen LogP contribution is -2.07. The fraction of sp³-hybridized carbons (Fsp3) is 0.167. The minimum absolute atomic E-state index is 0.0949. The van der Waals surface area contributed by atoms with Crippen molar-refractivity contribution in [2.75, 3.05) is 6.61 Å². The highest BCUT2D eigenvalue weighted by Crippen LogP contribution is 2.15. The number of fused-ring (bicyclic) bond motifs is 1. The fourth-order valence-electron chi connectivity index (χ4n) is 2.52. The van der Waals surface area contributed by atoms with Gasteiger partial charge in [-0.25, -0.2) is 14.6 Å². The summed E-state index contributed by atoms with van der Waals surface area (Å²) in [5.74, 6) is -0.897. The molecule has 0 saturated heterocycles. The standard InChI is InChI=1S/C18H15N3O6/c22-17(23)12-5-8-14-15(10-12)20-16(19-14)2-1-9-27-18(24)11-3-6-13(7-4-11)21(25)26/h3-8,10H,1-2,9H2,(H,19,20)(H,22,23). The molecule has 0 radical (unpaired) electrons. The number of non-ortho nitro benzene ring substituents is 1. The number of aryl methyl sites for hydroxylation is 1. The summed E-state index contributed by atoms with van der Waals surface area (Å²) in [6.45, 7) is 0.160. The molecule has 2 aromatic carbocycles. The number of esters is 1. The fourth-order valence-corrected chi connectivity index (χ4v) is 2.52. The van der Waals surface area contributed by atoms with E-state index in [1.54, 1.807) is 6.07 Å². The van der Waals surface area contributed by atoms with Crippen LogP contribution in [0.3, 0.4) is 0 Å². The van der Waals surface area contributed by atoms with Gasteiger partial charge in [-0.2, -0.15) is 0 Å². The molecule has 0 aliphatic carbocycles. The number of carbonyl (C=O) groups excluding carboxylic acids is 1. The van der Waals surface area contributed by atoms with Crippen molar-refractivity contribution in [2.45, 2.75) is 12.8 Å². The topological polar surface area (TPSA) is 135 Å². The Morgan fingerprint density at radius 2 is 1.85 bits per heavy atom. The molecule has 1 heterocycles. The molecule has 0 aliphatic rings. The van der Waals surface area contributed by atoms with Gasteiger partial charge in [0.15, 0.2) is 0 Å². The zero-order valence-corrected chi connectivity index (χ0v) is 14.0. The van der Waals surface area contributed by atoms with Gasteiger partial charge in [0.05, 0.1) is 33.7 Å². The van der Waals surface area contributed by atoms with Crippen LogP contribution in [0.4, 0.5) is 5.69 Å². The Morgan fingerprint density at radius 3 is 2.52 bits per heavy atom. The number of nitro benzene ring substituents is 1. The van der Waals surface area contributed by atoms with Crippen molar-refractivity contribution in [3.63, 3.8) is 0 Å². The lowest BCUT2D eigenvalue weighted by atomic mass is 10.2. The zero-order valence-electron chi connectivity index (χ0n) is 14.0. The zero-order chi connectivity index (χ0) is 19.4. The summed E-state index contributed by atoms with van der Waals surface area (Å²) in [6.07, 6.45) is 1.04. The van der Waals surface area contributed by atoms with Crippen LogP contribution in [-0.4, -0.2) is 38.5 Å². The number of imidazole rings is 1.